The molecule has 2 heterocycles. The highest BCUT2D eigenvalue weighted by Gasteiger charge is 2.26. The number of anilines is 1. The number of nitrogens with zero attached hydrogens (tertiary/aromatic N) is 2. The predicted octanol–water partition coefficient (Wildman–Crippen LogP) is 1.21. The Kier molecular flexibility index (Phi) is 5.76. The molecule has 144 valence electrons. The maximum absolute atomic E-state index is 12.4. The summed E-state index contributed by atoms with van der Waals surface area (Å²) in [6.45, 7) is 0.980. The summed E-state index contributed by atoms with van der Waals surface area (Å²) in [6, 6.07) is 8.01. The fourth-order valence-electron chi connectivity index (χ4n) is 2.89. The lowest BCUT2D eigenvalue weighted by Crippen LogP contribution is -2.42. The van der Waals surface area contributed by atoms with Crippen molar-refractivity contribution in [3.8, 4) is 0 Å². The van der Waals surface area contributed by atoms with Crippen molar-refractivity contribution in [2.24, 2.45) is 11.7 Å². The molecule has 27 heavy (non-hydrogen) atoms. The Morgan fingerprint density at radius 2 is 1.89 bits per heavy atom. The number of aromatic nitrogens is 1. The zero-order valence-corrected chi connectivity index (χ0v) is 16.1. The highest BCUT2D eigenvalue weighted by atomic mass is 32.2. The molecule has 1 aromatic carbocycles. The minimum atomic E-state index is -3.70. The van der Waals surface area contributed by atoms with Crippen molar-refractivity contribution in [3.05, 3.63) is 41.4 Å². The van der Waals surface area contributed by atoms with Crippen LogP contribution in [0.5, 0.6) is 0 Å². The largest absolute Gasteiger partial charge is 0.369 e. The molecule has 0 aliphatic carbocycles. The molecule has 0 saturated carbocycles. The number of sulfonamides is 1. The number of nitrogens with two attached hydrogens (primary N) is 1. The van der Waals surface area contributed by atoms with Crippen LogP contribution in [-0.4, -0.2) is 43.2 Å². The van der Waals surface area contributed by atoms with Crippen molar-refractivity contribution in [1.29, 1.82) is 0 Å². The smallest absolute Gasteiger partial charge is 0.263 e. The van der Waals surface area contributed by atoms with E-state index < -0.39 is 10.0 Å². The van der Waals surface area contributed by atoms with E-state index in [0.717, 1.165) is 11.3 Å². The molecule has 0 spiro atoms. The predicted molar refractivity (Wildman–Crippen MR) is 102 cm³/mol. The molecule has 2 amide bonds. The third kappa shape index (κ3) is 4.83. The molecule has 1 fully saturated rings. The van der Waals surface area contributed by atoms with Gasteiger partial charge in [0.2, 0.25) is 11.8 Å². The summed E-state index contributed by atoms with van der Waals surface area (Å²) in [5.74, 6) is -0.593. The number of hydrogen-bond donors (Lipinski definition) is 2. The first-order chi connectivity index (χ1) is 12.8. The molecule has 0 unspecified atom stereocenters. The molecule has 0 radical (unpaired) electrons. The number of likely N-dealkylation sites (tertiary alicyclic amines) is 1. The second-order valence-electron chi connectivity index (χ2n) is 6.30. The number of thiazole rings is 1. The van der Waals surface area contributed by atoms with Crippen molar-refractivity contribution >= 4 is 38.3 Å². The van der Waals surface area contributed by atoms with Gasteiger partial charge in [-0.15, -0.1) is 11.3 Å². The summed E-state index contributed by atoms with van der Waals surface area (Å²) in [6.07, 6.45) is 1.23. The van der Waals surface area contributed by atoms with Crippen LogP contribution in [0.15, 0.2) is 40.6 Å². The number of nitrogens with one attached hydrogen (secondary N) is 1. The first-order valence-electron chi connectivity index (χ1n) is 8.44. The Balaban J connectivity index is 1.58. The zero-order chi connectivity index (χ0) is 19.4. The monoisotopic (exact) mass is 408 g/mol. The van der Waals surface area contributed by atoms with Crippen LogP contribution in [0.25, 0.3) is 0 Å². The van der Waals surface area contributed by atoms with Crippen LogP contribution in [0.2, 0.25) is 0 Å². The Labute approximate surface area is 161 Å². The number of carbonyl (C=O) groups is 2. The quantitative estimate of drug-likeness (QED) is 0.744. The van der Waals surface area contributed by atoms with Gasteiger partial charge >= 0.3 is 0 Å². The van der Waals surface area contributed by atoms with Gasteiger partial charge in [-0.1, -0.05) is 18.2 Å². The van der Waals surface area contributed by atoms with Gasteiger partial charge in [0.05, 0.1) is 17.0 Å². The number of carbonyl (C=O) groups excluding carboxylic acids is 2. The van der Waals surface area contributed by atoms with Gasteiger partial charge in [0, 0.05) is 24.4 Å². The van der Waals surface area contributed by atoms with E-state index in [0.29, 0.717) is 31.6 Å². The maximum atomic E-state index is 12.4. The standard InChI is InChI=1S/C17H20N4O4S2/c18-16(23)12-6-8-21(9-7-12)15(22)10-13-11-26-17(19-13)20-27(24,25)14-4-2-1-3-5-14/h1-5,11-12H,6-10H2,(H2,18,23)(H,19,20). The normalized spacial score (nSPS) is 15.5. The van der Waals surface area contributed by atoms with Crippen molar-refractivity contribution in [1.82, 2.24) is 9.88 Å². The van der Waals surface area contributed by atoms with Crippen molar-refractivity contribution in [2.75, 3.05) is 17.8 Å². The second kappa shape index (κ2) is 8.05. The lowest BCUT2D eigenvalue weighted by Gasteiger charge is -2.30. The van der Waals surface area contributed by atoms with E-state index in [9.17, 15) is 18.0 Å². The van der Waals surface area contributed by atoms with Gasteiger partial charge in [0.1, 0.15) is 0 Å². The lowest BCUT2D eigenvalue weighted by atomic mass is 9.96. The first kappa shape index (κ1) is 19.3. The molecule has 1 aromatic heterocycles. The molecular weight excluding hydrogens is 388 g/mol. The Morgan fingerprint density at radius 3 is 2.52 bits per heavy atom. The van der Waals surface area contributed by atoms with Gasteiger partial charge in [-0.05, 0) is 25.0 Å². The number of piperidine rings is 1. The van der Waals surface area contributed by atoms with E-state index in [2.05, 4.69) is 9.71 Å². The molecule has 0 atom stereocenters. The molecule has 1 aliphatic heterocycles. The van der Waals surface area contributed by atoms with Gasteiger partial charge in [-0.25, -0.2) is 13.4 Å². The average molecular weight is 409 g/mol. The minimum Gasteiger partial charge on any atom is -0.369 e. The average Bonchev–Trinajstić information content (AvgIpc) is 3.08. The van der Waals surface area contributed by atoms with Gasteiger partial charge in [0.15, 0.2) is 5.13 Å². The fraction of sp³-hybridized carbons (Fsp3) is 0.353. The molecule has 1 aliphatic rings. The van der Waals surface area contributed by atoms with Crippen LogP contribution in [0.1, 0.15) is 18.5 Å². The number of benzene rings is 1. The summed E-state index contributed by atoms with van der Waals surface area (Å²) in [5, 5.41) is 1.88. The lowest BCUT2D eigenvalue weighted by molar-refractivity contribution is -0.134. The molecule has 3 N–H and O–H groups in total. The Hall–Kier alpha value is -2.46. The van der Waals surface area contributed by atoms with Gasteiger partial charge < -0.3 is 10.6 Å². The van der Waals surface area contributed by atoms with E-state index in [1.165, 1.54) is 12.1 Å². The number of primary amides is 1. The van der Waals surface area contributed by atoms with Crippen LogP contribution in [-0.2, 0) is 26.0 Å². The highest BCUT2D eigenvalue weighted by Crippen LogP contribution is 2.22. The molecule has 3 rings (SSSR count). The van der Waals surface area contributed by atoms with E-state index in [1.807, 2.05) is 0 Å². The molecule has 2 aromatic rings. The van der Waals surface area contributed by atoms with Crippen LogP contribution in [0, 0.1) is 5.92 Å². The first-order valence-corrected chi connectivity index (χ1v) is 10.8. The molecule has 0 bridgehead atoms. The third-order valence-electron chi connectivity index (χ3n) is 4.41. The Morgan fingerprint density at radius 1 is 1.22 bits per heavy atom. The second-order valence-corrected chi connectivity index (χ2v) is 8.84. The summed E-state index contributed by atoms with van der Waals surface area (Å²) < 4.78 is 27.0. The SMILES string of the molecule is NC(=O)C1CCN(C(=O)Cc2csc(NS(=O)(=O)c3ccccc3)n2)CC1. The van der Waals surface area contributed by atoms with E-state index >= 15 is 0 Å². The van der Waals surface area contributed by atoms with Crippen LogP contribution < -0.4 is 10.5 Å². The zero-order valence-electron chi connectivity index (χ0n) is 14.5. The molecule has 10 heteroatoms. The van der Waals surface area contributed by atoms with Crippen LogP contribution >= 0.6 is 11.3 Å². The van der Waals surface area contributed by atoms with E-state index in [1.54, 1.807) is 28.5 Å². The van der Waals surface area contributed by atoms with Crippen LogP contribution in [0.3, 0.4) is 0 Å². The van der Waals surface area contributed by atoms with Gasteiger partial charge in [0.25, 0.3) is 10.0 Å². The molecular formula is C17H20N4O4S2. The molecule has 1 saturated heterocycles. The van der Waals surface area contributed by atoms with E-state index in [4.69, 9.17) is 5.73 Å². The number of rotatable bonds is 6. The van der Waals surface area contributed by atoms with Crippen LogP contribution in [0.4, 0.5) is 5.13 Å². The third-order valence-corrected chi connectivity index (χ3v) is 6.70. The number of hydrogen-bond acceptors (Lipinski definition) is 6. The van der Waals surface area contributed by atoms with E-state index in [-0.39, 0.29) is 34.2 Å². The fourth-order valence-corrected chi connectivity index (χ4v) is 4.87. The maximum Gasteiger partial charge on any atom is 0.263 e. The van der Waals surface area contributed by atoms with Gasteiger partial charge in [-0.2, -0.15) is 0 Å². The summed E-state index contributed by atoms with van der Waals surface area (Å²) in [4.78, 5) is 29.6. The highest BCUT2D eigenvalue weighted by molar-refractivity contribution is 7.93. The summed E-state index contributed by atoms with van der Waals surface area (Å²) in [5.41, 5.74) is 5.81. The Bertz CT molecular complexity index is 919. The number of amides is 2. The molecule has 8 nitrogen and oxygen atoms in total. The van der Waals surface area contributed by atoms with Crippen molar-refractivity contribution in [3.63, 3.8) is 0 Å². The minimum absolute atomic E-state index is 0.0881. The van der Waals surface area contributed by atoms with Crippen molar-refractivity contribution in [2.45, 2.75) is 24.2 Å². The van der Waals surface area contributed by atoms with Gasteiger partial charge in [-0.3, -0.25) is 14.3 Å². The topological polar surface area (TPSA) is 122 Å². The summed E-state index contributed by atoms with van der Waals surface area (Å²) >= 11 is 1.13. The van der Waals surface area contributed by atoms with Crippen molar-refractivity contribution < 1.29 is 18.0 Å². The summed E-state index contributed by atoms with van der Waals surface area (Å²) in [7, 11) is -3.70.